The largest absolute Gasteiger partial charge is 0.339 e. The number of benzene rings is 1. The third-order valence-electron chi connectivity index (χ3n) is 8.10. The van der Waals surface area contributed by atoms with E-state index in [2.05, 4.69) is 31.2 Å². The smallest absolute Gasteiger partial charge is 0.270 e. The van der Waals surface area contributed by atoms with Gasteiger partial charge in [-0.15, -0.1) is 0 Å². The molecule has 9 nitrogen and oxygen atoms in total. The highest BCUT2D eigenvalue weighted by Crippen LogP contribution is 2.51. The van der Waals surface area contributed by atoms with Gasteiger partial charge in [0, 0.05) is 48.7 Å². The molecule has 2 aliphatic carbocycles. The predicted molar refractivity (Wildman–Crippen MR) is 141 cm³/mol. The fourth-order valence-electron chi connectivity index (χ4n) is 5.75. The van der Waals surface area contributed by atoms with Crippen LogP contribution in [-0.4, -0.2) is 50.9 Å². The number of nitrogens with zero attached hydrogens (tertiary/aromatic N) is 3. The highest BCUT2D eigenvalue weighted by molar-refractivity contribution is 6.01. The second-order valence-corrected chi connectivity index (χ2v) is 11.0. The molecule has 3 fully saturated rings. The van der Waals surface area contributed by atoms with Gasteiger partial charge in [0.1, 0.15) is 11.7 Å². The maximum Gasteiger partial charge on any atom is 0.270 e. The topological polar surface area (TPSA) is 117 Å². The van der Waals surface area contributed by atoms with E-state index in [-0.39, 0.29) is 17.7 Å². The Labute approximate surface area is 216 Å². The van der Waals surface area contributed by atoms with Crippen LogP contribution in [0, 0.1) is 37.5 Å². The minimum Gasteiger partial charge on any atom is -0.339 e. The van der Waals surface area contributed by atoms with E-state index in [1.54, 1.807) is 16.9 Å². The molecule has 0 bridgehead atoms. The lowest BCUT2D eigenvalue weighted by molar-refractivity contribution is -0.119. The van der Waals surface area contributed by atoms with Crippen molar-refractivity contribution in [2.75, 3.05) is 18.4 Å². The Morgan fingerprint density at radius 2 is 1.76 bits per heavy atom. The van der Waals surface area contributed by atoms with E-state index in [1.165, 1.54) is 0 Å². The van der Waals surface area contributed by atoms with E-state index in [0.717, 1.165) is 67.0 Å². The average molecular weight is 502 g/mol. The molecule has 3 aliphatic rings. The number of carbonyl (C=O) groups is 2. The Morgan fingerprint density at radius 1 is 1.05 bits per heavy atom. The number of H-pyrrole nitrogens is 1. The Hall–Kier alpha value is -3.46. The zero-order chi connectivity index (χ0) is 25.5. The number of carbonyl (C=O) groups excluding carboxylic acids is 2. The highest BCUT2D eigenvalue weighted by Gasteiger charge is 2.48. The summed E-state index contributed by atoms with van der Waals surface area (Å²) in [4.78, 5) is 27.1. The molecule has 1 aliphatic heterocycles. The Morgan fingerprint density at radius 3 is 2.32 bits per heavy atom. The quantitative estimate of drug-likeness (QED) is 0.340. The first-order valence-electron chi connectivity index (χ1n) is 13.4. The first-order valence-corrected chi connectivity index (χ1v) is 13.4. The van der Waals surface area contributed by atoms with Crippen molar-refractivity contribution in [3.63, 3.8) is 0 Å². The van der Waals surface area contributed by atoms with Crippen LogP contribution in [0.3, 0.4) is 0 Å². The van der Waals surface area contributed by atoms with Crippen LogP contribution in [0.1, 0.15) is 47.6 Å². The standard InChI is InChI=1S/C28H35N7O2/c1-16-24(17(2)34-33-16)19-7-9-22(10-8-19)31-28(37)26(25(20-3-4-20)21-5-6-21)32-27(36)23-11-12-30-35(23)15-18-13-29-14-18/h7-12,18,20-21,25-26,29H,3-6,13-15H2,1-2H3,(H,31,37)(H,32,36)(H,33,34)/t26-/m0/s1. The molecule has 1 saturated heterocycles. The van der Waals surface area contributed by atoms with Crippen LogP contribution in [0.5, 0.6) is 0 Å². The molecular weight excluding hydrogens is 466 g/mol. The summed E-state index contributed by atoms with van der Waals surface area (Å²) < 4.78 is 1.78. The van der Waals surface area contributed by atoms with Crippen LogP contribution in [0.25, 0.3) is 11.1 Å². The molecule has 1 atom stereocenters. The van der Waals surface area contributed by atoms with Crippen molar-refractivity contribution >= 4 is 17.5 Å². The fourth-order valence-corrected chi connectivity index (χ4v) is 5.75. The van der Waals surface area contributed by atoms with Crippen molar-refractivity contribution in [1.82, 2.24) is 30.6 Å². The van der Waals surface area contributed by atoms with E-state index in [9.17, 15) is 9.59 Å². The maximum atomic E-state index is 13.7. The van der Waals surface area contributed by atoms with Gasteiger partial charge < -0.3 is 16.0 Å². The summed E-state index contributed by atoms with van der Waals surface area (Å²) in [7, 11) is 0. The fraction of sp³-hybridized carbons (Fsp3) is 0.500. The second kappa shape index (κ2) is 9.78. The number of aryl methyl sites for hydroxylation is 2. The Kier molecular flexibility index (Phi) is 6.32. The number of hydrogen-bond donors (Lipinski definition) is 4. The molecular formula is C28H35N7O2. The van der Waals surface area contributed by atoms with E-state index in [1.807, 2.05) is 38.1 Å². The molecule has 0 spiro atoms. The highest BCUT2D eigenvalue weighted by atomic mass is 16.2. The molecule has 2 aromatic heterocycles. The van der Waals surface area contributed by atoms with Gasteiger partial charge in [-0.2, -0.15) is 10.2 Å². The molecule has 0 unspecified atom stereocenters. The zero-order valence-electron chi connectivity index (χ0n) is 21.5. The van der Waals surface area contributed by atoms with Crippen molar-refractivity contribution in [3.8, 4) is 11.1 Å². The Bertz CT molecular complexity index is 1250. The zero-order valence-corrected chi connectivity index (χ0v) is 21.5. The maximum absolute atomic E-state index is 13.7. The van der Waals surface area contributed by atoms with Gasteiger partial charge in [-0.05, 0) is 81.0 Å². The summed E-state index contributed by atoms with van der Waals surface area (Å²) in [5.74, 6) is 1.29. The molecule has 3 aromatic rings. The molecule has 9 heteroatoms. The molecule has 1 aromatic carbocycles. The van der Waals surface area contributed by atoms with Gasteiger partial charge >= 0.3 is 0 Å². The minimum atomic E-state index is -0.570. The summed E-state index contributed by atoms with van der Waals surface area (Å²) in [6.45, 7) is 6.57. The molecule has 3 heterocycles. The number of amides is 2. The van der Waals surface area contributed by atoms with Gasteiger partial charge in [-0.25, -0.2) is 0 Å². The van der Waals surface area contributed by atoms with Crippen molar-refractivity contribution < 1.29 is 9.59 Å². The van der Waals surface area contributed by atoms with E-state index >= 15 is 0 Å². The summed E-state index contributed by atoms with van der Waals surface area (Å²) in [5.41, 5.74) is 5.34. The number of rotatable bonds is 10. The number of aromatic nitrogens is 4. The molecule has 2 amide bonds. The van der Waals surface area contributed by atoms with Gasteiger partial charge in [0.15, 0.2) is 0 Å². The van der Waals surface area contributed by atoms with E-state index < -0.39 is 6.04 Å². The lowest BCUT2D eigenvalue weighted by Gasteiger charge is -2.29. The van der Waals surface area contributed by atoms with Crippen LogP contribution in [-0.2, 0) is 11.3 Å². The lowest BCUT2D eigenvalue weighted by atomic mass is 9.88. The van der Waals surface area contributed by atoms with Gasteiger partial charge in [0.25, 0.3) is 5.91 Å². The van der Waals surface area contributed by atoms with E-state index in [4.69, 9.17) is 0 Å². The van der Waals surface area contributed by atoms with Crippen LogP contribution in [0.2, 0.25) is 0 Å². The van der Waals surface area contributed by atoms with Crippen LogP contribution in [0.15, 0.2) is 36.5 Å². The second-order valence-electron chi connectivity index (χ2n) is 11.0. The van der Waals surface area contributed by atoms with Crippen LogP contribution < -0.4 is 16.0 Å². The number of hydrogen-bond acceptors (Lipinski definition) is 5. The number of aromatic amines is 1. The van der Waals surface area contributed by atoms with Crippen LogP contribution >= 0.6 is 0 Å². The summed E-state index contributed by atoms with van der Waals surface area (Å²) in [5, 5.41) is 21.2. The summed E-state index contributed by atoms with van der Waals surface area (Å²) in [6.07, 6.45) is 6.19. The van der Waals surface area contributed by atoms with Crippen molar-refractivity contribution in [2.24, 2.45) is 23.7 Å². The molecule has 6 rings (SSSR count). The van der Waals surface area contributed by atoms with Crippen LogP contribution in [0.4, 0.5) is 5.69 Å². The van der Waals surface area contributed by atoms with Crippen molar-refractivity contribution in [1.29, 1.82) is 0 Å². The molecule has 2 saturated carbocycles. The molecule has 194 valence electrons. The average Bonchev–Trinajstić information content (AvgIpc) is 3.79. The third-order valence-corrected chi connectivity index (χ3v) is 8.10. The monoisotopic (exact) mass is 501 g/mol. The summed E-state index contributed by atoms with van der Waals surface area (Å²) in [6, 6.07) is 9.02. The minimum absolute atomic E-state index is 0.144. The van der Waals surface area contributed by atoms with Gasteiger partial charge in [-0.3, -0.25) is 19.4 Å². The number of nitrogens with one attached hydrogen (secondary N) is 4. The summed E-state index contributed by atoms with van der Waals surface area (Å²) >= 11 is 0. The van der Waals surface area contributed by atoms with Crippen molar-refractivity contribution in [2.45, 2.75) is 52.1 Å². The third kappa shape index (κ3) is 5.05. The first-order chi connectivity index (χ1) is 18.0. The van der Waals surface area contributed by atoms with Gasteiger partial charge in [0.05, 0.1) is 5.69 Å². The predicted octanol–water partition coefficient (Wildman–Crippen LogP) is 3.28. The first kappa shape index (κ1) is 23.9. The van der Waals surface area contributed by atoms with Gasteiger partial charge in [-0.1, -0.05) is 12.1 Å². The van der Waals surface area contributed by atoms with E-state index in [0.29, 0.717) is 30.0 Å². The molecule has 4 N–H and O–H groups in total. The number of anilines is 1. The molecule has 37 heavy (non-hydrogen) atoms. The Balaban J connectivity index is 1.20. The SMILES string of the molecule is Cc1n[nH]c(C)c1-c1ccc(NC(=O)[C@@H](NC(=O)c2ccnn2CC2CNC2)C(C2CC2)C2CC2)cc1. The molecule has 0 radical (unpaired) electrons. The van der Waals surface area contributed by atoms with Crippen molar-refractivity contribution in [3.05, 3.63) is 53.6 Å². The van der Waals surface area contributed by atoms with Gasteiger partial charge in [0.2, 0.25) is 5.91 Å². The normalized spacial score (nSPS) is 18.5. The lowest BCUT2D eigenvalue weighted by Crippen LogP contribution is -2.50.